The second kappa shape index (κ2) is 4.40. The molecule has 4 heteroatoms. The molecule has 4 nitrogen and oxygen atoms in total. The predicted molar refractivity (Wildman–Crippen MR) is 55.1 cm³/mol. The van der Waals surface area contributed by atoms with E-state index in [-0.39, 0.29) is 12.0 Å². The summed E-state index contributed by atoms with van der Waals surface area (Å²) in [5.41, 5.74) is 0.969. The minimum atomic E-state index is -0.341. The number of nitrogens with zero attached hydrogens (tertiary/aromatic N) is 2. The van der Waals surface area contributed by atoms with E-state index in [4.69, 9.17) is 0 Å². The van der Waals surface area contributed by atoms with E-state index >= 15 is 0 Å². The van der Waals surface area contributed by atoms with Crippen LogP contribution in [0.3, 0.4) is 0 Å². The second-order valence-electron chi connectivity index (χ2n) is 3.81. The summed E-state index contributed by atoms with van der Waals surface area (Å²) in [4.78, 5) is 17.4. The third-order valence-corrected chi connectivity index (χ3v) is 2.62. The van der Waals surface area contributed by atoms with Gasteiger partial charge >= 0.3 is 0 Å². The van der Waals surface area contributed by atoms with Crippen molar-refractivity contribution in [2.24, 2.45) is 0 Å². The predicted octanol–water partition coefficient (Wildman–Crippen LogP) is 0.217. The van der Waals surface area contributed by atoms with Crippen LogP contribution in [-0.2, 0) is 11.2 Å². The molecule has 1 amide bonds. The largest absolute Gasteiger partial charge is 0.391 e. The highest BCUT2D eigenvalue weighted by molar-refractivity contribution is 5.79. The fourth-order valence-electron chi connectivity index (χ4n) is 1.76. The summed E-state index contributed by atoms with van der Waals surface area (Å²) in [6.07, 6.45) is 4.12. The van der Waals surface area contributed by atoms with Crippen molar-refractivity contribution in [3.05, 3.63) is 30.1 Å². The first-order chi connectivity index (χ1) is 7.25. The van der Waals surface area contributed by atoms with Gasteiger partial charge in [0, 0.05) is 25.5 Å². The van der Waals surface area contributed by atoms with Gasteiger partial charge in [0.25, 0.3) is 0 Å². The fraction of sp³-hybridized carbons (Fsp3) is 0.455. The van der Waals surface area contributed by atoms with Crippen molar-refractivity contribution in [2.45, 2.75) is 18.9 Å². The van der Waals surface area contributed by atoms with Gasteiger partial charge in [-0.15, -0.1) is 0 Å². The molecule has 1 aromatic rings. The molecule has 1 unspecified atom stereocenters. The average Bonchev–Trinajstić information content (AvgIpc) is 2.66. The SMILES string of the molecule is O=C(Cc1ccncc1)N1CCC(O)C1. The molecule has 1 fully saturated rings. The number of carbonyl (C=O) groups is 1. The number of rotatable bonds is 2. The lowest BCUT2D eigenvalue weighted by atomic mass is 10.2. The molecule has 1 saturated heterocycles. The van der Waals surface area contributed by atoms with E-state index in [0.717, 1.165) is 5.56 Å². The molecular weight excluding hydrogens is 192 g/mol. The summed E-state index contributed by atoms with van der Waals surface area (Å²) in [5, 5.41) is 9.31. The van der Waals surface area contributed by atoms with Crippen molar-refractivity contribution in [2.75, 3.05) is 13.1 Å². The summed E-state index contributed by atoms with van der Waals surface area (Å²) in [7, 11) is 0. The van der Waals surface area contributed by atoms with Crippen LogP contribution in [0.1, 0.15) is 12.0 Å². The minimum absolute atomic E-state index is 0.0813. The van der Waals surface area contributed by atoms with E-state index < -0.39 is 0 Å². The van der Waals surface area contributed by atoms with Crippen LogP contribution in [-0.4, -0.2) is 40.1 Å². The van der Waals surface area contributed by atoms with Gasteiger partial charge in [0.15, 0.2) is 0 Å². The van der Waals surface area contributed by atoms with Gasteiger partial charge < -0.3 is 10.0 Å². The summed E-state index contributed by atoms with van der Waals surface area (Å²) >= 11 is 0. The maximum atomic E-state index is 11.8. The van der Waals surface area contributed by atoms with E-state index in [9.17, 15) is 9.90 Å². The van der Waals surface area contributed by atoms with Crippen LogP contribution >= 0.6 is 0 Å². The van der Waals surface area contributed by atoms with E-state index in [2.05, 4.69) is 4.98 Å². The zero-order valence-electron chi connectivity index (χ0n) is 8.47. The van der Waals surface area contributed by atoms with Crippen LogP contribution in [0.4, 0.5) is 0 Å². The quantitative estimate of drug-likeness (QED) is 0.753. The molecule has 0 aliphatic carbocycles. The first-order valence-electron chi connectivity index (χ1n) is 5.10. The molecule has 0 spiro atoms. The van der Waals surface area contributed by atoms with E-state index in [1.54, 1.807) is 17.3 Å². The summed E-state index contributed by atoms with van der Waals surface area (Å²) < 4.78 is 0. The van der Waals surface area contributed by atoms with Crippen molar-refractivity contribution in [1.82, 2.24) is 9.88 Å². The van der Waals surface area contributed by atoms with Gasteiger partial charge in [-0.1, -0.05) is 0 Å². The number of amides is 1. The number of likely N-dealkylation sites (tertiary alicyclic amines) is 1. The Labute approximate surface area is 88.6 Å². The molecule has 1 aromatic heterocycles. The highest BCUT2D eigenvalue weighted by Crippen LogP contribution is 2.10. The van der Waals surface area contributed by atoms with Gasteiger partial charge in [-0.2, -0.15) is 0 Å². The number of hydrogen-bond acceptors (Lipinski definition) is 3. The van der Waals surface area contributed by atoms with Crippen LogP contribution in [0, 0.1) is 0 Å². The Morgan fingerprint density at radius 3 is 2.87 bits per heavy atom. The van der Waals surface area contributed by atoms with Crippen molar-refractivity contribution < 1.29 is 9.90 Å². The maximum Gasteiger partial charge on any atom is 0.227 e. The van der Waals surface area contributed by atoms with Crippen molar-refractivity contribution in [3.63, 3.8) is 0 Å². The zero-order chi connectivity index (χ0) is 10.7. The molecule has 1 N–H and O–H groups in total. The van der Waals surface area contributed by atoms with Gasteiger partial charge in [-0.05, 0) is 24.1 Å². The maximum absolute atomic E-state index is 11.8. The van der Waals surface area contributed by atoms with Crippen LogP contribution in [0.15, 0.2) is 24.5 Å². The van der Waals surface area contributed by atoms with E-state index in [1.165, 1.54) is 0 Å². The topological polar surface area (TPSA) is 53.4 Å². The Kier molecular flexibility index (Phi) is 2.97. The van der Waals surface area contributed by atoms with Crippen LogP contribution in [0.25, 0.3) is 0 Å². The lowest BCUT2D eigenvalue weighted by Gasteiger charge is -2.15. The van der Waals surface area contributed by atoms with Crippen molar-refractivity contribution in [3.8, 4) is 0 Å². The zero-order valence-corrected chi connectivity index (χ0v) is 8.47. The fourth-order valence-corrected chi connectivity index (χ4v) is 1.76. The molecule has 0 radical (unpaired) electrons. The first-order valence-corrected chi connectivity index (χ1v) is 5.10. The number of β-amino-alcohol motifs (C(OH)–C–C–N with tert-alkyl or cyclic N) is 1. The Bertz CT molecular complexity index is 340. The highest BCUT2D eigenvalue weighted by atomic mass is 16.3. The molecule has 0 aromatic carbocycles. The molecule has 15 heavy (non-hydrogen) atoms. The summed E-state index contributed by atoms with van der Waals surface area (Å²) in [5.74, 6) is 0.0813. The van der Waals surface area contributed by atoms with E-state index in [0.29, 0.717) is 25.9 Å². The summed E-state index contributed by atoms with van der Waals surface area (Å²) in [6, 6.07) is 3.68. The van der Waals surface area contributed by atoms with E-state index in [1.807, 2.05) is 12.1 Å². The molecule has 2 heterocycles. The Hall–Kier alpha value is -1.42. The Balaban J connectivity index is 1.93. The molecule has 1 atom stereocenters. The molecule has 2 rings (SSSR count). The minimum Gasteiger partial charge on any atom is -0.391 e. The molecule has 80 valence electrons. The smallest absolute Gasteiger partial charge is 0.227 e. The van der Waals surface area contributed by atoms with Gasteiger partial charge in [0.05, 0.1) is 12.5 Å². The first kappa shape index (κ1) is 10.1. The molecule has 1 aliphatic rings. The van der Waals surface area contributed by atoms with Crippen LogP contribution in [0.5, 0.6) is 0 Å². The molecular formula is C11H14N2O2. The molecule has 0 saturated carbocycles. The number of carbonyl (C=O) groups excluding carboxylic acids is 1. The third-order valence-electron chi connectivity index (χ3n) is 2.62. The van der Waals surface area contributed by atoms with Crippen molar-refractivity contribution in [1.29, 1.82) is 0 Å². The third kappa shape index (κ3) is 2.53. The van der Waals surface area contributed by atoms with Gasteiger partial charge in [0.2, 0.25) is 5.91 Å². The standard InChI is InChI=1S/C11H14N2O2/c14-10-3-6-13(8-10)11(15)7-9-1-4-12-5-2-9/h1-2,4-5,10,14H,3,6-8H2. The number of hydrogen-bond donors (Lipinski definition) is 1. The number of aliphatic hydroxyl groups is 1. The van der Waals surface area contributed by atoms with Crippen LogP contribution < -0.4 is 0 Å². The normalized spacial score (nSPS) is 20.6. The van der Waals surface area contributed by atoms with Crippen LogP contribution in [0.2, 0.25) is 0 Å². The average molecular weight is 206 g/mol. The summed E-state index contributed by atoms with van der Waals surface area (Å²) in [6.45, 7) is 1.15. The number of aromatic nitrogens is 1. The lowest BCUT2D eigenvalue weighted by Crippen LogP contribution is -2.30. The highest BCUT2D eigenvalue weighted by Gasteiger charge is 2.24. The van der Waals surface area contributed by atoms with Crippen molar-refractivity contribution >= 4 is 5.91 Å². The van der Waals surface area contributed by atoms with Gasteiger partial charge in [-0.3, -0.25) is 9.78 Å². The van der Waals surface area contributed by atoms with Gasteiger partial charge in [0.1, 0.15) is 0 Å². The number of aliphatic hydroxyl groups excluding tert-OH is 1. The number of pyridine rings is 1. The molecule has 0 bridgehead atoms. The monoisotopic (exact) mass is 206 g/mol. The van der Waals surface area contributed by atoms with Gasteiger partial charge in [-0.25, -0.2) is 0 Å². The second-order valence-corrected chi connectivity index (χ2v) is 3.81. The molecule has 1 aliphatic heterocycles. The Morgan fingerprint density at radius 2 is 2.27 bits per heavy atom. The Morgan fingerprint density at radius 1 is 1.53 bits per heavy atom. The lowest BCUT2D eigenvalue weighted by molar-refractivity contribution is -0.129.